The molecular weight excluding hydrogens is 380 g/mol. The van der Waals surface area contributed by atoms with Crippen LogP contribution in [0.4, 0.5) is 11.4 Å². The van der Waals surface area contributed by atoms with Crippen molar-refractivity contribution in [2.24, 2.45) is 0 Å². The summed E-state index contributed by atoms with van der Waals surface area (Å²) in [4.78, 5) is 24.7. The van der Waals surface area contributed by atoms with Crippen LogP contribution in [0.3, 0.4) is 0 Å². The van der Waals surface area contributed by atoms with E-state index in [-0.39, 0.29) is 17.9 Å². The highest BCUT2D eigenvalue weighted by Crippen LogP contribution is 2.28. The van der Waals surface area contributed by atoms with E-state index in [2.05, 4.69) is 10.6 Å². The molecule has 0 spiro atoms. The Kier molecular flexibility index (Phi) is 6.54. The zero-order valence-corrected chi connectivity index (χ0v) is 16.6. The molecule has 0 bridgehead atoms. The van der Waals surface area contributed by atoms with Gasteiger partial charge in [0.25, 0.3) is 11.8 Å². The van der Waals surface area contributed by atoms with Crippen LogP contribution >= 0.6 is 11.6 Å². The van der Waals surface area contributed by atoms with Crippen molar-refractivity contribution >= 4 is 34.8 Å². The minimum Gasteiger partial charge on any atom is -0.489 e. The standard InChI is InChI=1S/C21H23ClN2O4/c1-13(2)28-18-9-8-16(12-17(18)22)23-20(25)14-5-3-6-15(11-14)24-21(26)19-7-4-10-27-19/h3,5-6,8-9,11-13,19H,4,7,10H2,1-2H3,(H,23,25)(H,24,26). The number of halogens is 1. The fraction of sp³-hybridized carbons (Fsp3) is 0.333. The van der Waals surface area contributed by atoms with Crippen LogP contribution < -0.4 is 15.4 Å². The van der Waals surface area contributed by atoms with Crippen LogP contribution in [-0.2, 0) is 9.53 Å². The van der Waals surface area contributed by atoms with Gasteiger partial charge in [0.15, 0.2) is 0 Å². The minimum absolute atomic E-state index is 0.00511. The quantitative estimate of drug-likeness (QED) is 0.746. The Labute approximate surface area is 169 Å². The van der Waals surface area contributed by atoms with Gasteiger partial charge in [-0.05, 0) is 63.1 Å². The molecule has 148 valence electrons. The van der Waals surface area contributed by atoms with E-state index in [1.165, 1.54) is 0 Å². The lowest BCUT2D eigenvalue weighted by atomic mass is 10.1. The topological polar surface area (TPSA) is 76.7 Å². The van der Waals surface area contributed by atoms with Crippen LogP contribution in [0, 0.1) is 0 Å². The molecule has 2 aromatic carbocycles. The SMILES string of the molecule is CC(C)Oc1ccc(NC(=O)c2cccc(NC(=O)C3CCCO3)c2)cc1Cl. The van der Waals surface area contributed by atoms with Crippen molar-refractivity contribution in [1.82, 2.24) is 0 Å². The molecule has 0 aliphatic carbocycles. The lowest BCUT2D eigenvalue weighted by Gasteiger charge is -2.13. The fourth-order valence-corrected chi connectivity index (χ4v) is 3.10. The van der Waals surface area contributed by atoms with Gasteiger partial charge in [-0.1, -0.05) is 17.7 Å². The fourth-order valence-electron chi connectivity index (χ4n) is 2.88. The number of ether oxygens (including phenoxy) is 2. The molecule has 0 saturated carbocycles. The second kappa shape index (κ2) is 9.08. The van der Waals surface area contributed by atoms with E-state index in [1.54, 1.807) is 42.5 Å². The molecule has 0 aromatic heterocycles. The Morgan fingerprint density at radius 2 is 1.93 bits per heavy atom. The van der Waals surface area contributed by atoms with Crippen molar-refractivity contribution in [2.75, 3.05) is 17.2 Å². The van der Waals surface area contributed by atoms with Crippen LogP contribution in [0.2, 0.25) is 5.02 Å². The van der Waals surface area contributed by atoms with Crippen LogP contribution in [0.25, 0.3) is 0 Å². The maximum absolute atomic E-state index is 12.6. The zero-order valence-electron chi connectivity index (χ0n) is 15.8. The maximum Gasteiger partial charge on any atom is 0.255 e. The van der Waals surface area contributed by atoms with Gasteiger partial charge >= 0.3 is 0 Å². The Hall–Kier alpha value is -2.57. The van der Waals surface area contributed by atoms with Gasteiger partial charge < -0.3 is 20.1 Å². The number of benzene rings is 2. The zero-order chi connectivity index (χ0) is 20.1. The maximum atomic E-state index is 12.6. The first-order chi connectivity index (χ1) is 13.4. The van der Waals surface area contributed by atoms with Gasteiger partial charge in [0, 0.05) is 23.5 Å². The number of amides is 2. The molecule has 1 unspecified atom stereocenters. The van der Waals surface area contributed by atoms with Crippen LogP contribution in [-0.4, -0.2) is 30.6 Å². The second-order valence-electron chi connectivity index (χ2n) is 6.84. The van der Waals surface area contributed by atoms with E-state index < -0.39 is 6.10 Å². The first kappa shape index (κ1) is 20.2. The Morgan fingerprint density at radius 1 is 1.14 bits per heavy atom. The normalized spacial score (nSPS) is 16.1. The lowest BCUT2D eigenvalue weighted by Crippen LogP contribution is -2.27. The summed E-state index contributed by atoms with van der Waals surface area (Å²) in [6.45, 7) is 4.43. The largest absolute Gasteiger partial charge is 0.489 e. The molecular formula is C21H23ClN2O4. The third kappa shape index (κ3) is 5.24. The predicted molar refractivity (Wildman–Crippen MR) is 109 cm³/mol. The molecule has 6 nitrogen and oxygen atoms in total. The molecule has 1 saturated heterocycles. The van der Waals surface area contributed by atoms with Gasteiger partial charge in [0.2, 0.25) is 0 Å². The number of carbonyl (C=O) groups excluding carboxylic acids is 2. The molecule has 1 heterocycles. The summed E-state index contributed by atoms with van der Waals surface area (Å²) in [6.07, 6.45) is 1.17. The van der Waals surface area contributed by atoms with E-state index >= 15 is 0 Å². The number of hydrogen-bond donors (Lipinski definition) is 2. The van der Waals surface area contributed by atoms with E-state index in [4.69, 9.17) is 21.1 Å². The van der Waals surface area contributed by atoms with Gasteiger partial charge in [-0.3, -0.25) is 9.59 Å². The molecule has 2 N–H and O–H groups in total. The molecule has 2 aromatic rings. The van der Waals surface area contributed by atoms with Crippen LogP contribution in [0.5, 0.6) is 5.75 Å². The van der Waals surface area contributed by atoms with Crippen molar-refractivity contribution < 1.29 is 19.1 Å². The Morgan fingerprint density at radius 3 is 2.61 bits per heavy atom. The minimum atomic E-state index is -0.425. The second-order valence-corrected chi connectivity index (χ2v) is 7.24. The molecule has 2 amide bonds. The summed E-state index contributed by atoms with van der Waals surface area (Å²) in [5, 5.41) is 6.02. The van der Waals surface area contributed by atoms with Crippen molar-refractivity contribution in [2.45, 2.75) is 38.9 Å². The van der Waals surface area contributed by atoms with E-state index in [9.17, 15) is 9.59 Å². The highest BCUT2D eigenvalue weighted by atomic mass is 35.5. The number of carbonyl (C=O) groups is 2. The van der Waals surface area contributed by atoms with Gasteiger partial charge in [-0.15, -0.1) is 0 Å². The number of rotatable bonds is 6. The average Bonchev–Trinajstić information content (AvgIpc) is 3.19. The summed E-state index contributed by atoms with van der Waals surface area (Å²) in [7, 11) is 0. The van der Waals surface area contributed by atoms with Gasteiger partial charge in [-0.2, -0.15) is 0 Å². The van der Waals surface area contributed by atoms with Gasteiger partial charge in [0.05, 0.1) is 11.1 Å². The monoisotopic (exact) mass is 402 g/mol. The molecule has 0 radical (unpaired) electrons. The third-order valence-corrected chi connectivity index (χ3v) is 4.46. The molecule has 1 fully saturated rings. The van der Waals surface area contributed by atoms with Gasteiger partial charge in [-0.25, -0.2) is 0 Å². The highest BCUT2D eigenvalue weighted by molar-refractivity contribution is 6.32. The summed E-state index contributed by atoms with van der Waals surface area (Å²) >= 11 is 6.21. The molecule has 1 aliphatic rings. The van der Waals surface area contributed by atoms with Crippen LogP contribution in [0.15, 0.2) is 42.5 Å². The van der Waals surface area contributed by atoms with Crippen LogP contribution in [0.1, 0.15) is 37.0 Å². The highest BCUT2D eigenvalue weighted by Gasteiger charge is 2.23. The molecule has 1 atom stereocenters. The molecule has 28 heavy (non-hydrogen) atoms. The predicted octanol–water partition coefficient (Wildman–Crippen LogP) is 4.50. The Bertz CT molecular complexity index is 863. The average molecular weight is 403 g/mol. The third-order valence-electron chi connectivity index (χ3n) is 4.17. The van der Waals surface area contributed by atoms with Crippen molar-refractivity contribution in [3.8, 4) is 5.75 Å². The summed E-state index contributed by atoms with van der Waals surface area (Å²) in [5.41, 5.74) is 1.52. The number of hydrogen-bond acceptors (Lipinski definition) is 4. The van der Waals surface area contributed by atoms with Gasteiger partial charge in [0.1, 0.15) is 11.9 Å². The van der Waals surface area contributed by atoms with Crippen molar-refractivity contribution in [3.63, 3.8) is 0 Å². The number of nitrogens with one attached hydrogen (secondary N) is 2. The summed E-state index contributed by atoms with van der Waals surface area (Å²) in [6, 6.07) is 11.8. The van der Waals surface area contributed by atoms with Crippen molar-refractivity contribution in [1.29, 1.82) is 0 Å². The Balaban J connectivity index is 1.66. The van der Waals surface area contributed by atoms with E-state index in [0.29, 0.717) is 40.7 Å². The number of anilines is 2. The smallest absolute Gasteiger partial charge is 0.255 e. The molecule has 3 rings (SSSR count). The van der Waals surface area contributed by atoms with Crippen molar-refractivity contribution in [3.05, 3.63) is 53.1 Å². The molecule has 7 heteroatoms. The molecule has 1 aliphatic heterocycles. The lowest BCUT2D eigenvalue weighted by molar-refractivity contribution is -0.124. The van der Waals surface area contributed by atoms with E-state index in [1.807, 2.05) is 13.8 Å². The summed E-state index contributed by atoms with van der Waals surface area (Å²) < 4.78 is 11.0. The van der Waals surface area contributed by atoms with E-state index in [0.717, 1.165) is 6.42 Å². The summed E-state index contributed by atoms with van der Waals surface area (Å²) in [5.74, 6) is 0.0675. The first-order valence-corrected chi connectivity index (χ1v) is 9.60. The first-order valence-electron chi connectivity index (χ1n) is 9.22.